The maximum Gasteiger partial charge on any atom is 0.336 e. The van der Waals surface area contributed by atoms with Crippen molar-refractivity contribution in [2.75, 3.05) is 7.11 Å². The molecule has 5 atom stereocenters. The molecule has 2 aliphatic carbocycles. The molecular formula is C20H30O5. The molecule has 25 heavy (non-hydrogen) atoms. The number of ether oxygens (including phenoxy) is 2. The number of hydrogen-bond donors (Lipinski definition) is 1. The number of rotatable bonds is 2. The summed E-state index contributed by atoms with van der Waals surface area (Å²) in [6, 6.07) is 0. The molecule has 1 saturated heterocycles. The van der Waals surface area contributed by atoms with Crippen molar-refractivity contribution < 1.29 is 24.2 Å². The zero-order valence-corrected chi connectivity index (χ0v) is 15.7. The third kappa shape index (κ3) is 3.01. The fourth-order valence-electron chi connectivity index (χ4n) is 5.39. The first-order valence-corrected chi connectivity index (χ1v) is 9.36. The lowest BCUT2D eigenvalue weighted by Crippen LogP contribution is -2.26. The Morgan fingerprint density at radius 2 is 1.96 bits per heavy atom. The Morgan fingerprint density at radius 3 is 2.44 bits per heavy atom. The normalized spacial score (nSPS) is 40.1. The summed E-state index contributed by atoms with van der Waals surface area (Å²) in [6.45, 7) is 6.75. The summed E-state index contributed by atoms with van der Waals surface area (Å²) in [6.07, 6.45) is 8.43. The third-order valence-electron chi connectivity index (χ3n) is 7.44. The van der Waals surface area contributed by atoms with Crippen molar-refractivity contribution in [1.82, 2.24) is 0 Å². The van der Waals surface area contributed by atoms with Crippen molar-refractivity contribution in [2.45, 2.75) is 71.5 Å². The van der Waals surface area contributed by atoms with Gasteiger partial charge in [-0.1, -0.05) is 26.8 Å². The van der Waals surface area contributed by atoms with Gasteiger partial charge in [0.2, 0.25) is 0 Å². The van der Waals surface area contributed by atoms with Crippen LogP contribution in [0.1, 0.15) is 59.3 Å². The van der Waals surface area contributed by atoms with Gasteiger partial charge in [0.15, 0.2) is 0 Å². The maximum atomic E-state index is 11.2. The summed E-state index contributed by atoms with van der Waals surface area (Å²) in [4.78, 5) is 22.2. The van der Waals surface area contributed by atoms with Crippen molar-refractivity contribution in [2.24, 2.45) is 22.7 Å². The Labute approximate surface area is 149 Å². The first-order valence-electron chi connectivity index (χ1n) is 9.36. The lowest BCUT2D eigenvalue weighted by molar-refractivity contribution is -0.144. The molecule has 1 N–H and O–H groups in total. The summed E-state index contributed by atoms with van der Waals surface area (Å²) in [7, 11) is 1.41. The van der Waals surface area contributed by atoms with Crippen LogP contribution in [-0.2, 0) is 19.1 Å². The van der Waals surface area contributed by atoms with Crippen LogP contribution in [0.4, 0.5) is 0 Å². The van der Waals surface area contributed by atoms with E-state index in [1.807, 2.05) is 6.08 Å². The number of esters is 1. The van der Waals surface area contributed by atoms with Crippen LogP contribution in [-0.4, -0.2) is 36.4 Å². The molecule has 5 heteroatoms. The number of hydrogen-bond acceptors (Lipinski definition) is 4. The van der Waals surface area contributed by atoms with Crippen LogP contribution in [0.5, 0.6) is 0 Å². The number of carbonyl (C=O) groups excluding carboxylic acids is 1. The molecule has 0 spiro atoms. The van der Waals surface area contributed by atoms with Gasteiger partial charge in [0, 0.05) is 0 Å². The first kappa shape index (κ1) is 18.4. The van der Waals surface area contributed by atoms with E-state index in [-0.39, 0.29) is 28.8 Å². The van der Waals surface area contributed by atoms with Crippen molar-refractivity contribution in [3.8, 4) is 0 Å². The van der Waals surface area contributed by atoms with Crippen molar-refractivity contribution in [3.63, 3.8) is 0 Å². The summed E-state index contributed by atoms with van der Waals surface area (Å²) in [5.74, 6) is -0.481. The highest BCUT2D eigenvalue weighted by atomic mass is 16.5. The molecular weight excluding hydrogens is 320 g/mol. The minimum atomic E-state index is -0.582. The molecule has 2 saturated carbocycles. The summed E-state index contributed by atoms with van der Waals surface area (Å²) < 4.78 is 10.2. The Hall–Kier alpha value is -1.36. The second-order valence-corrected chi connectivity index (χ2v) is 8.79. The highest BCUT2D eigenvalue weighted by Gasteiger charge is 2.62. The Balaban J connectivity index is 0.000000146. The van der Waals surface area contributed by atoms with Crippen LogP contribution in [0.25, 0.3) is 0 Å². The van der Waals surface area contributed by atoms with E-state index in [4.69, 9.17) is 9.84 Å². The maximum absolute atomic E-state index is 11.2. The van der Waals surface area contributed by atoms with E-state index in [0.29, 0.717) is 17.6 Å². The van der Waals surface area contributed by atoms with E-state index in [9.17, 15) is 9.59 Å². The predicted octanol–water partition coefficient (Wildman–Crippen LogP) is 3.57. The summed E-state index contributed by atoms with van der Waals surface area (Å²) in [5, 5.41) is 9.08. The lowest BCUT2D eigenvalue weighted by atomic mass is 9.71. The van der Waals surface area contributed by atoms with E-state index < -0.39 is 5.97 Å². The van der Waals surface area contributed by atoms with Crippen LogP contribution in [0.3, 0.4) is 0 Å². The van der Waals surface area contributed by atoms with Crippen LogP contribution in [0.2, 0.25) is 0 Å². The molecule has 0 aromatic rings. The van der Waals surface area contributed by atoms with Crippen LogP contribution in [0, 0.1) is 22.7 Å². The van der Waals surface area contributed by atoms with E-state index in [2.05, 4.69) is 25.5 Å². The smallest absolute Gasteiger partial charge is 0.336 e. The fourth-order valence-corrected chi connectivity index (χ4v) is 5.39. The number of carboxylic acid groups (broad SMARTS) is 1. The minimum Gasteiger partial charge on any atom is -0.481 e. The average molecular weight is 350 g/mol. The van der Waals surface area contributed by atoms with Gasteiger partial charge in [-0.25, -0.2) is 4.79 Å². The molecule has 140 valence electrons. The molecule has 2 heterocycles. The Kier molecular flexibility index (Phi) is 4.73. The third-order valence-corrected chi connectivity index (χ3v) is 7.44. The molecule has 3 unspecified atom stereocenters. The molecule has 0 aromatic heterocycles. The van der Waals surface area contributed by atoms with Gasteiger partial charge in [0.25, 0.3) is 0 Å². The number of aliphatic carboxylic acids is 1. The van der Waals surface area contributed by atoms with Crippen LogP contribution < -0.4 is 0 Å². The first-order chi connectivity index (χ1) is 11.7. The van der Waals surface area contributed by atoms with E-state index in [1.54, 1.807) is 0 Å². The molecule has 5 nitrogen and oxygen atoms in total. The zero-order valence-electron chi connectivity index (χ0n) is 15.7. The van der Waals surface area contributed by atoms with Crippen molar-refractivity contribution >= 4 is 11.9 Å². The summed E-state index contributed by atoms with van der Waals surface area (Å²) in [5.41, 5.74) is 1.22. The van der Waals surface area contributed by atoms with Gasteiger partial charge in [-0.05, 0) is 55.3 Å². The highest BCUT2D eigenvalue weighted by Crippen LogP contribution is 2.67. The predicted molar refractivity (Wildman–Crippen MR) is 93.0 cm³/mol. The second-order valence-electron chi connectivity index (χ2n) is 8.79. The highest BCUT2D eigenvalue weighted by molar-refractivity contribution is 5.89. The fraction of sp³-hybridized carbons (Fsp3) is 0.800. The van der Waals surface area contributed by atoms with Gasteiger partial charge in [-0.15, -0.1) is 0 Å². The average Bonchev–Trinajstić information content (AvgIpc) is 3.12. The monoisotopic (exact) mass is 350 g/mol. The molecule has 0 aromatic carbocycles. The van der Waals surface area contributed by atoms with E-state index in [1.165, 1.54) is 13.5 Å². The topological polar surface area (TPSA) is 72.8 Å². The number of carbonyl (C=O) groups is 2. The molecule has 2 aliphatic heterocycles. The van der Waals surface area contributed by atoms with Gasteiger partial charge >= 0.3 is 11.9 Å². The van der Waals surface area contributed by atoms with E-state index in [0.717, 1.165) is 32.1 Å². The number of carboxylic acids is 1. The number of methoxy groups -OCH3 is 1. The number of fused-ring (bicyclic) bond motifs is 4. The standard InChI is InChI=1S/C11H18O2.C9H12O3/c1-10(2)8-4-5-11(10,3)6-7(8)9(12)13;1-11-9(10)7-4-2-6-3-5-8(7)12-6/h7-8H,4-6H2,1-3H3,(H,12,13);4,6,8H,2-3,5H2,1H3/t7-,8?,11?;6?,8-/m01/s1. The van der Waals surface area contributed by atoms with Gasteiger partial charge in [0.05, 0.1) is 30.8 Å². The molecule has 0 radical (unpaired) electrons. The SMILES string of the molecule is CC12CCC([C@@H](C(=O)O)C1)C2(C)C.COC(=O)C1=CCC2CC[C@H]1O2. The molecule has 4 bridgehead atoms. The second kappa shape index (κ2) is 6.42. The van der Waals surface area contributed by atoms with Crippen LogP contribution >= 0.6 is 0 Å². The molecule has 3 fully saturated rings. The zero-order chi connectivity index (χ0) is 18.4. The van der Waals surface area contributed by atoms with Crippen molar-refractivity contribution in [3.05, 3.63) is 11.6 Å². The molecule has 4 rings (SSSR count). The largest absolute Gasteiger partial charge is 0.481 e. The van der Waals surface area contributed by atoms with Gasteiger partial charge < -0.3 is 14.6 Å². The Morgan fingerprint density at radius 1 is 1.24 bits per heavy atom. The van der Waals surface area contributed by atoms with Gasteiger partial charge in [-0.3, -0.25) is 4.79 Å². The van der Waals surface area contributed by atoms with Gasteiger partial charge in [0.1, 0.15) is 0 Å². The lowest BCUT2D eigenvalue weighted by Gasteiger charge is -2.34. The van der Waals surface area contributed by atoms with Crippen LogP contribution in [0.15, 0.2) is 11.6 Å². The molecule has 0 amide bonds. The Bertz CT molecular complexity index is 590. The van der Waals surface area contributed by atoms with Crippen molar-refractivity contribution in [1.29, 1.82) is 0 Å². The molecule has 4 aliphatic rings. The van der Waals surface area contributed by atoms with Gasteiger partial charge in [-0.2, -0.15) is 0 Å². The quantitative estimate of drug-likeness (QED) is 0.771. The summed E-state index contributed by atoms with van der Waals surface area (Å²) >= 11 is 0. The minimum absolute atomic E-state index is 0.0104. The van der Waals surface area contributed by atoms with E-state index >= 15 is 0 Å².